The summed E-state index contributed by atoms with van der Waals surface area (Å²) in [6.07, 6.45) is 4.42. The second-order valence-corrected chi connectivity index (χ2v) is 7.34. The van der Waals surface area contributed by atoms with Crippen LogP contribution in [0.15, 0.2) is 24.3 Å². The van der Waals surface area contributed by atoms with Gasteiger partial charge in [-0.3, -0.25) is 4.79 Å². The number of rotatable bonds is 2. The molecule has 1 aromatic carbocycles. The summed E-state index contributed by atoms with van der Waals surface area (Å²) in [6, 6.07) is 8.09. The summed E-state index contributed by atoms with van der Waals surface area (Å²) in [7, 11) is 0. The maximum Gasteiger partial charge on any atom is 0.225 e. The molecule has 0 bridgehead atoms. The molecule has 2 fully saturated rings. The SMILES string of the molecule is O=C(C1CCC1)N1CCS[C@@H](c2ccccc2Cl)CC1. The molecule has 2 nitrogen and oxygen atoms in total. The monoisotopic (exact) mass is 309 g/mol. The maximum absolute atomic E-state index is 12.3. The zero-order valence-electron chi connectivity index (χ0n) is 11.6. The molecule has 0 radical (unpaired) electrons. The molecule has 1 atom stereocenters. The van der Waals surface area contributed by atoms with Gasteiger partial charge in [-0.05, 0) is 30.9 Å². The first-order valence-corrected chi connectivity index (χ1v) is 8.83. The normalized spacial score (nSPS) is 24.1. The van der Waals surface area contributed by atoms with Gasteiger partial charge in [0.25, 0.3) is 0 Å². The fourth-order valence-corrected chi connectivity index (χ4v) is 4.49. The molecule has 20 heavy (non-hydrogen) atoms. The zero-order valence-corrected chi connectivity index (χ0v) is 13.1. The van der Waals surface area contributed by atoms with Crippen LogP contribution in [0.3, 0.4) is 0 Å². The minimum absolute atomic E-state index is 0.317. The van der Waals surface area contributed by atoms with Crippen LogP contribution in [0.4, 0.5) is 0 Å². The molecule has 1 aliphatic heterocycles. The molecule has 1 amide bonds. The van der Waals surface area contributed by atoms with Crippen LogP contribution >= 0.6 is 23.4 Å². The van der Waals surface area contributed by atoms with Crippen molar-refractivity contribution in [1.29, 1.82) is 0 Å². The minimum Gasteiger partial charge on any atom is -0.342 e. The molecule has 1 heterocycles. The first kappa shape index (κ1) is 14.3. The minimum atomic E-state index is 0.317. The Morgan fingerprint density at radius 3 is 2.70 bits per heavy atom. The molecule has 2 aliphatic rings. The van der Waals surface area contributed by atoms with E-state index in [0.717, 1.165) is 43.1 Å². The molecule has 1 aliphatic carbocycles. The molecule has 108 valence electrons. The second kappa shape index (κ2) is 6.40. The van der Waals surface area contributed by atoms with Gasteiger partial charge in [0.05, 0.1) is 0 Å². The van der Waals surface area contributed by atoms with Gasteiger partial charge in [-0.2, -0.15) is 11.8 Å². The summed E-state index contributed by atoms with van der Waals surface area (Å²) in [4.78, 5) is 14.4. The molecular formula is C16H20ClNOS. The third-order valence-corrected chi connectivity index (χ3v) is 6.01. The maximum atomic E-state index is 12.3. The van der Waals surface area contributed by atoms with E-state index in [1.807, 2.05) is 30.0 Å². The van der Waals surface area contributed by atoms with Crippen LogP contribution in [0.1, 0.15) is 36.5 Å². The molecule has 1 saturated heterocycles. The molecule has 0 N–H and O–H groups in total. The highest BCUT2D eigenvalue weighted by atomic mass is 35.5. The number of carbonyl (C=O) groups excluding carboxylic acids is 1. The second-order valence-electron chi connectivity index (χ2n) is 5.62. The fourth-order valence-electron chi connectivity index (χ4n) is 2.89. The Labute approximate surface area is 129 Å². The van der Waals surface area contributed by atoms with Crippen molar-refractivity contribution in [2.45, 2.75) is 30.9 Å². The number of carbonyl (C=O) groups is 1. The van der Waals surface area contributed by atoms with Gasteiger partial charge in [-0.15, -0.1) is 0 Å². The van der Waals surface area contributed by atoms with E-state index in [1.54, 1.807) is 0 Å². The first-order chi connectivity index (χ1) is 9.75. The smallest absolute Gasteiger partial charge is 0.225 e. The van der Waals surface area contributed by atoms with Crippen LogP contribution in [0.25, 0.3) is 0 Å². The highest BCUT2D eigenvalue weighted by molar-refractivity contribution is 7.99. The Morgan fingerprint density at radius 2 is 2.00 bits per heavy atom. The predicted molar refractivity (Wildman–Crippen MR) is 85.2 cm³/mol. The van der Waals surface area contributed by atoms with Gasteiger partial charge in [0, 0.05) is 35.0 Å². The zero-order chi connectivity index (χ0) is 13.9. The number of hydrogen-bond donors (Lipinski definition) is 0. The fraction of sp³-hybridized carbons (Fsp3) is 0.562. The van der Waals surface area contributed by atoms with Gasteiger partial charge < -0.3 is 4.90 Å². The van der Waals surface area contributed by atoms with Crippen molar-refractivity contribution in [3.63, 3.8) is 0 Å². The summed E-state index contributed by atoms with van der Waals surface area (Å²) in [5.74, 6) is 1.71. The number of thioether (sulfide) groups is 1. The lowest BCUT2D eigenvalue weighted by molar-refractivity contribution is -0.137. The summed E-state index contributed by atoms with van der Waals surface area (Å²) in [6.45, 7) is 1.76. The van der Waals surface area contributed by atoms with E-state index < -0.39 is 0 Å². The Bertz CT molecular complexity index is 489. The van der Waals surface area contributed by atoms with Crippen molar-refractivity contribution >= 4 is 29.3 Å². The Balaban J connectivity index is 1.64. The van der Waals surface area contributed by atoms with Gasteiger partial charge >= 0.3 is 0 Å². The van der Waals surface area contributed by atoms with Crippen molar-refractivity contribution in [3.8, 4) is 0 Å². The van der Waals surface area contributed by atoms with Crippen LogP contribution in [0.5, 0.6) is 0 Å². The number of benzene rings is 1. The quantitative estimate of drug-likeness (QED) is 0.818. The van der Waals surface area contributed by atoms with E-state index in [9.17, 15) is 4.79 Å². The van der Waals surface area contributed by atoms with Crippen molar-refractivity contribution in [2.24, 2.45) is 5.92 Å². The lowest BCUT2D eigenvalue weighted by Crippen LogP contribution is -2.40. The van der Waals surface area contributed by atoms with E-state index in [0.29, 0.717) is 17.1 Å². The predicted octanol–water partition coefficient (Wildman–Crippen LogP) is 4.15. The standard InChI is InChI=1S/C16H20ClNOS/c17-14-7-2-1-6-13(14)15-8-9-18(10-11-20-15)16(19)12-4-3-5-12/h1-2,6-7,12,15H,3-5,8-11H2/t15-/m1/s1. The van der Waals surface area contributed by atoms with Gasteiger partial charge in [0.15, 0.2) is 0 Å². The molecule has 4 heteroatoms. The summed E-state index contributed by atoms with van der Waals surface area (Å²) >= 11 is 8.23. The number of hydrogen-bond acceptors (Lipinski definition) is 2. The van der Waals surface area contributed by atoms with Crippen LogP contribution in [0.2, 0.25) is 5.02 Å². The van der Waals surface area contributed by atoms with Crippen molar-refractivity contribution in [2.75, 3.05) is 18.8 Å². The molecule has 3 rings (SSSR count). The number of nitrogens with zero attached hydrogens (tertiary/aromatic N) is 1. The van der Waals surface area contributed by atoms with E-state index in [-0.39, 0.29) is 0 Å². The molecule has 1 saturated carbocycles. The van der Waals surface area contributed by atoms with Gasteiger partial charge in [-0.1, -0.05) is 36.2 Å². The molecule has 0 unspecified atom stereocenters. The molecule has 0 spiro atoms. The highest BCUT2D eigenvalue weighted by Crippen LogP contribution is 2.38. The van der Waals surface area contributed by atoms with Crippen molar-refractivity contribution < 1.29 is 4.79 Å². The molecule has 0 aromatic heterocycles. The number of amides is 1. The van der Waals surface area contributed by atoms with Crippen LogP contribution in [0, 0.1) is 5.92 Å². The van der Waals surface area contributed by atoms with E-state index >= 15 is 0 Å². The number of halogens is 1. The third kappa shape index (κ3) is 2.99. The van der Waals surface area contributed by atoms with Crippen LogP contribution < -0.4 is 0 Å². The summed E-state index contributed by atoms with van der Waals surface area (Å²) < 4.78 is 0. The topological polar surface area (TPSA) is 20.3 Å². The van der Waals surface area contributed by atoms with Gasteiger partial charge in [0.1, 0.15) is 0 Å². The third-order valence-electron chi connectivity index (χ3n) is 4.36. The first-order valence-electron chi connectivity index (χ1n) is 7.40. The van der Waals surface area contributed by atoms with E-state index in [1.165, 1.54) is 12.0 Å². The largest absolute Gasteiger partial charge is 0.342 e. The van der Waals surface area contributed by atoms with Crippen LogP contribution in [-0.2, 0) is 4.79 Å². The average molecular weight is 310 g/mol. The van der Waals surface area contributed by atoms with Crippen molar-refractivity contribution in [3.05, 3.63) is 34.9 Å². The lowest BCUT2D eigenvalue weighted by Gasteiger charge is -2.30. The Morgan fingerprint density at radius 1 is 1.20 bits per heavy atom. The molecular weight excluding hydrogens is 290 g/mol. The Kier molecular flexibility index (Phi) is 4.57. The highest BCUT2D eigenvalue weighted by Gasteiger charge is 2.31. The van der Waals surface area contributed by atoms with Gasteiger partial charge in [-0.25, -0.2) is 0 Å². The average Bonchev–Trinajstić information content (AvgIpc) is 2.63. The molecule has 1 aromatic rings. The Hall–Kier alpha value is -0.670. The van der Waals surface area contributed by atoms with Crippen LogP contribution in [-0.4, -0.2) is 29.6 Å². The van der Waals surface area contributed by atoms with E-state index in [2.05, 4.69) is 11.0 Å². The summed E-state index contributed by atoms with van der Waals surface area (Å²) in [5, 5.41) is 1.27. The van der Waals surface area contributed by atoms with Crippen molar-refractivity contribution in [1.82, 2.24) is 4.90 Å². The van der Waals surface area contributed by atoms with Gasteiger partial charge in [0.2, 0.25) is 5.91 Å². The summed E-state index contributed by atoms with van der Waals surface area (Å²) in [5.41, 5.74) is 1.22. The van der Waals surface area contributed by atoms with E-state index in [4.69, 9.17) is 11.6 Å². The lowest BCUT2D eigenvalue weighted by atomic mass is 9.84.